The van der Waals surface area contributed by atoms with Crippen LogP contribution in [0.5, 0.6) is 5.75 Å². The number of methoxy groups -OCH3 is 1. The lowest BCUT2D eigenvalue weighted by molar-refractivity contribution is 0.124. The van der Waals surface area contributed by atoms with Crippen molar-refractivity contribution in [2.45, 2.75) is 25.8 Å². The molecule has 4 heteroatoms. The molecule has 2 rings (SSSR count). The smallest absolute Gasteiger partial charge is 0.165 e. The minimum Gasteiger partial charge on any atom is -0.494 e. The Hall–Kier alpha value is -1.13. The van der Waals surface area contributed by atoms with Crippen LogP contribution in [0.2, 0.25) is 0 Å². The third-order valence-electron chi connectivity index (χ3n) is 3.42. The molecule has 19 heavy (non-hydrogen) atoms. The van der Waals surface area contributed by atoms with E-state index in [4.69, 9.17) is 9.47 Å². The summed E-state index contributed by atoms with van der Waals surface area (Å²) in [7, 11) is 1.47. The van der Waals surface area contributed by atoms with Crippen molar-refractivity contribution in [3.05, 3.63) is 29.6 Å². The first-order chi connectivity index (χ1) is 9.20. The molecule has 0 aliphatic heterocycles. The molecule has 1 atom stereocenters. The fourth-order valence-electron chi connectivity index (χ4n) is 1.95. The van der Waals surface area contributed by atoms with Crippen LogP contribution in [0, 0.1) is 11.7 Å². The van der Waals surface area contributed by atoms with E-state index in [9.17, 15) is 4.39 Å². The number of ether oxygens (including phenoxy) is 2. The lowest BCUT2D eigenvalue weighted by Gasteiger charge is -2.15. The van der Waals surface area contributed by atoms with Crippen LogP contribution in [0.25, 0.3) is 0 Å². The molecule has 1 aromatic carbocycles. The van der Waals surface area contributed by atoms with Gasteiger partial charge in [-0.1, -0.05) is 6.07 Å². The number of benzene rings is 1. The number of hydrogen-bond donors (Lipinski definition) is 1. The van der Waals surface area contributed by atoms with E-state index in [0.29, 0.717) is 6.61 Å². The van der Waals surface area contributed by atoms with E-state index in [1.54, 1.807) is 6.07 Å². The Labute approximate surface area is 114 Å². The molecule has 1 fully saturated rings. The van der Waals surface area contributed by atoms with Gasteiger partial charge in [0.25, 0.3) is 0 Å². The van der Waals surface area contributed by atoms with Crippen LogP contribution in [0.1, 0.15) is 31.4 Å². The first-order valence-electron chi connectivity index (χ1n) is 6.85. The molecule has 1 aliphatic carbocycles. The highest BCUT2D eigenvalue weighted by Gasteiger charge is 2.20. The standard InChI is InChI=1S/C15H22FNO2/c1-11(17-7-8-19-10-12-3-4-12)13-5-6-15(18-2)14(16)9-13/h5-6,9,11-12,17H,3-4,7-8,10H2,1-2H3. The summed E-state index contributed by atoms with van der Waals surface area (Å²) < 4.78 is 24.0. The second kappa shape index (κ2) is 6.87. The van der Waals surface area contributed by atoms with E-state index in [1.165, 1.54) is 26.0 Å². The van der Waals surface area contributed by atoms with Crippen molar-refractivity contribution in [2.75, 3.05) is 26.9 Å². The van der Waals surface area contributed by atoms with Gasteiger partial charge in [0.2, 0.25) is 0 Å². The summed E-state index contributed by atoms with van der Waals surface area (Å²) in [5.41, 5.74) is 0.917. The number of halogens is 1. The van der Waals surface area contributed by atoms with Gasteiger partial charge in [-0.05, 0) is 43.4 Å². The molecule has 0 spiro atoms. The van der Waals surface area contributed by atoms with Crippen molar-refractivity contribution in [3.8, 4) is 5.75 Å². The molecule has 1 N–H and O–H groups in total. The van der Waals surface area contributed by atoms with E-state index in [2.05, 4.69) is 5.32 Å². The number of nitrogens with one attached hydrogen (secondary N) is 1. The van der Waals surface area contributed by atoms with Crippen LogP contribution in [0.3, 0.4) is 0 Å². The molecule has 1 aromatic rings. The minimum absolute atomic E-state index is 0.102. The zero-order valence-electron chi connectivity index (χ0n) is 11.6. The maximum absolute atomic E-state index is 13.6. The van der Waals surface area contributed by atoms with Gasteiger partial charge in [-0.25, -0.2) is 4.39 Å². The van der Waals surface area contributed by atoms with Crippen LogP contribution in [0.15, 0.2) is 18.2 Å². The largest absolute Gasteiger partial charge is 0.494 e. The Morgan fingerprint density at radius 3 is 2.84 bits per heavy atom. The lowest BCUT2D eigenvalue weighted by Crippen LogP contribution is -2.23. The summed E-state index contributed by atoms with van der Waals surface area (Å²) in [4.78, 5) is 0. The Balaban J connectivity index is 1.71. The normalized spacial score (nSPS) is 16.4. The Bertz CT molecular complexity index is 407. The monoisotopic (exact) mass is 267 g/mol. The first-order valence-corrected chi connectivity index (χ1v) is 6.85. The van der Waals surface area contributed by atoms with Crippen molar-refractivity contribution in [3.63, 3.8) is 0 Å². The second-order valence-corrected chi connectivity index (χ2v) is 5.09. The SMILES string of the molecule is COc1ccc(C(C)NCCOCC2CC2)cc1F. The van der Waals surface area contributed by atoms with Gasteiger partial charge in [0.05, 0.1) is 13.7 Å². The van der Waals surface area contributed by atoms with E-state index in [-0.39, 0.29) is 17.6 Å². The van der Waals surface area contributed by atoms with E-state index in [1.807, 2.05) is 13.0 Å². The molecule has 1 unspecified atom stereocenters. The topological polar surface area (TPSA) is 30.5 Å². The fraction of sp³-hybridized carbons (Fsp3) is 0.600. The van der Waals surface area contributed by atoms with E-state index in [0.717, 1.165) is 24.6 Å². The van der Waals surface area contributed by atoms with Gasteiger partial charge < -0.3 is 14.8 Å². The Morgan fingerprint density at radius 2 is 2.21 bits per heavy atom. The average Bonchev–Trinajstić information content (AvgIpc) is 3.22. The fourth-order valence-corrected chi connectivity index (χ4v) is 1.95. The minimum atomic E-state index is -0.321. The third-order valence-corrected chi connectivity index (χ3v) is 3.42. The maximum Gasteiger partial charge on any atom is 0.165 e. The van der Waals surface area contributed by atoms with Gasteiger partial charge in [-0.15, -0.1) is 0 Å². The van der Waals surface area contributed by atoms with Crippen LogP contribution in [-0.2, 0) is 4.74 Å². The average molecular weight is 267 g/mol. The molecule has 1 saturated carbocycles. The Morgan fingerprint density at radius 1 is 1.42 bits per heavy atom. The van der Waals surface area contributed by atoms with Crippen LogP contribution >= 0.6 is 0 Å². The summed E-state index contributed by atoms with van der Waals surface area (Å²) >= 11 is 0. The van der Waals surface area contributed by atoms with Gasteiger partial charge >= 0.3 is 0 Å². The van der Waals surface area contributed by atoms with Gasteiger partial charge in [-0.3, -0.25) is 0 Å². The molecular weight excluding hydrogens is 245 g/mol. The highest BCUT2D eigenvalue weighted by Crippen LogP contribution is 2.28. The first kappa shape index (κ1) is 14.3. The predicted molar refractivity (Wildman–Crippen MR) is 72.9 cm³/mol. The van der Waals surface area contributed by atoms with Gasteiger partial charge in [0, 0.05) is 19.2 Å². The van der Waals surface area contributed by atoms with Crippen molar-refractivity contribution < 1.29 is 13.9 Å². The zero-order valence-corrected chi connectivity index (χ0v) is 11.6. The summed E-state index contributed by atoms with van der Waals surface area (Å²) in [5, 5.41) is 3.33. The van der Waals surface area contributed by atoms with Gasteiger partial charge in [0.1, 0.15) is 0 Å². The quantitative estimate of drug-likeness (QED) is 0.735. The third kappa shape index (κ3) is 4.48. The molecule has 0 amide bonds. The zero-order chi connectivity index (χ0) is 13.7. The van der Waals surface area contributed by atoms with E-state index >= 15 is 0 Å². The summed E-state index contributed by atoms with van der Waals surface area (Å²) in [6.45, 7) is 4.39. The molecule has 1 aliphatic rings. The number of hydrogen-bond acceptors (Lipinski definition) is 3. The van der Waals surface area contributed by atoms with Crippen molar-refractivity contribution >= 4 is 0 Å². The second-order valence-electron chi connectivity index (χ2n) is 5.09. The summed E-state index contributed by atoms with van der Waals surface area (Å²) in [5.74, 6) is 0.760. The molecule has 3 nitrogen and oxygen atoms in total. The maximum atomic E-state index is 13.6. The molecular formula is C15H22FNO2. The van der Waals surface area contributed by atoms with Crippen molar-refractivity contribution in [1.82, 2.24) is 5.32 Å². The molecule has 0 aromatic heterocycles. The van der Waals surface area contributed by atoms with Crippen molar-refractivity contribution in [2.24, 2.45) is 5.92 Å². The van der Waals surface area contributed by atoms with Crippen LogP contribution < -0.4 is 10.1 Å². The summed E-state index contributed by atoms with van der Waals surface area (Å²) in [6, 6.07) is 5.16. The molecule has 106 valence electrons. The molecule has 0 heterocycles. The predicted octanol–water partition coefficient (Wildman–Crippen LogP) is 2.91. The molecule has 0 bridgehead atoms. The van der Waals surface area contributed by atoms with Crippen LogP contribution in [0.4, 0.5) is 4.39 Å². The van der Waals surface area contributed by atoms with E-state index < -0.39 is 0 Å². The van der Waals surface area contributed by atoms with Crippen molar-refractivity contribution in [1.29, 1.82) is 0 Å². The summed E-state index contributed by atoms with van der Waals surface area (Å²) in [6.07, 6.45) is 2.63. The van der Waals surface area contributed by atoms with Gasteiger partial charge in [-0.2, -0.15) is 0 Å². The highest BCUT2D eigenvalue weighted by atomic mass is 19.1. The molecule has 0 saturated heterocycles. The lowest BCUT2D eigenvalue weighted by atomic mass is 10.1. The number of rotatable bonds is 8. The molecule has 0 radical (unpaired) electrons. The Kier molecular flexibility index (Phi) is 5.16. The highest BCUT2D eigenvalue weighted by molar-refractivity contribution is 5.30. The van der Waals surface area contributed by atoms with Gasteiger partial charge in [0.15, 0.2) is 11.6 Å². The van der Waals surface area contributed by atoms with Crippen LogP contribution in [-0.4, -0.2) is 26.9 Å².